The molecule has 0 aliphatic rings. The van der Waals surface area contributed by atoms with Crippen LogP contribution in [0.2, 0.25) is 0 Å². The molecule has 2 rings (SSSR count). The number of nitrogens with one attached hydrogen (secondary N) is 3. The Balaban J connectivity index is 1.89. The maximum absolute atomic E-state index is 12.3. The summed E-state index contributed by atoms with van der Waals surface area (Å²) in [5.74, 6) is 0.719. The Morgan fingerprint density at radius 3 is 2.40 bits per heavy atom. The third kappa shape index (κ3) is 6.04. The predicted octanol–water partition coefficient (Wildman–Crippen LogP) is 1.16. The second-order valence-electron chi connectivity index (χ2n) is 6.09. The molecule has 7 nitrogen and oxygen atoms in total. The Morgan fingerprint density at radius 2 is 1.80 bits per heavy atom. The van der Waals surface area contributed by atoms with Crippen LogP contribution in [0.5, 0.6) is 0 Å². The molecule has 0 fully saturated rings. The molecule has 0 saturated heterocycles. The largest absolute Gasteiger partial charge is 0.360 e. The van der Waals surface area contributed by atoms with Crippen molar-refractivity contribution in [3.8, 4) is 0 Å². The van der Waals surface area contributed by atoms with E-state index < -0.39 is 0 Å². The lowest BCUT2D eigenvalue weighted by Crippen LogP contribution is -3.14. The topological polar surface area (TPSA) is 88.7 Å². The number of benzene rings is 1. The van der Waals surface area contributed by atoms with Crippen LogP contribution < -0.4 is 15.5 Å². The zero-order valence-electron chi connectivity index (χ0n) is 14.9. The third-order valence-corrected chi connectivity index (χ3v) is 3.74. The highest BCUT2D eigenvalue weighted by Gasteiger charge is 2.18. The molecule has 1 atom stereocenters. The Kier molecular flexibility index (Phi) is 6.71. The van der Waals surface area contributed by atoms with Crippen molar-refractivity contribution in [3.63, 3.8) is 0 Å². The molecule has 2 aromatic rings. The molecule has 1 heterocycles. The molecule has 1 unspecified atom stereocenters. The highest BCUT2D eigenvalue weighted by molar-refractivity contribution is 5.93. The second kappa shape index (κ2) is 8.98. The summed E-state index contributed by atoms with van der Waals surface area (Å²) in [6.45, 7) is 6.88. The fourth-order valence-electron chi connectivity index (χ4n) is 2.57. The van der Waals surface area contributed by atoms with Crippen molar-refractivity contribution in [2.75, 3.05) is 30.3 Å². The SMILES string of the molecule is CCC[NH+](CC(=O)Nc1cc(C)on1)CC(=O)Nc1ccccc1C. The summed E-state index contributed by atoms with van der Waals surface area (Å²) < 4.78 is 4.92. The molecule has 3 N–H and O–H groups in total. The quantitative estimate of drug-likeness (QED) is 0.670. The van der Waals surface area contributed by atoms with Crippen molar-refractivity contribution in [1.82, 2.24) is 5.16 Å². The van der Waals surface area contributed by atoms with Gasteiger partial charge in [-0.15, -0.1) is 0 Å². The summed E-state index contributed by atoms with van der Waals surface area (Å²) in [6.07, 6.45) is 0.878. The van der Waals surface area contributed by atoms with Gasteiger partial charge in [-0.05, 0) is 31.9 Å². The molecular weight excluding hydrogens is 320 g/mol. The van der Waals surface area contributed by atoms with E-state index in [4.69, 9.17) is 4.52 Å². The average molecular weight is 345 g/mol. The van der Waals surface area contributed by atoms with Gasteiger partial charge in [-0.25, -0.2) is 0 Å². The van der Waals surface area contributed by atoms with E-state index in [0.29, 0.717) is 11.6 Å². The van der Waals surface area contributed by atoms with Crippen LogP contribution in [0.3, 0.4) is 0 Å². The van der Waals surface area contributed by atoms with Gasteiger partial charge in [-0.2, -0.15) is 0 Å². The lowest BCUT2D eigenvalue weighted by molar-refractivity contribution is -0.883. The van der Waals surface area contributed by atoms with Crippen molar-refractivity contribution in [2.45, 2.75) is 27.2 Å². The van der Waals surface area contributed by atoms with Gasteiger partial charge in [0.2, 0.25) is 0 Å². The number of amides is 2. The number of carbonyl (C=O) groups excluding carboxylic acids is 2. The summed E-state index contributed by atoms with van der Waals surface area (Å²) >= 11 is 0. The van der Waals surface area contributed by atoms with Gasteiger partial charge < -0.3 is 20.1 Å². The Morgan fingerprint density at radius 1 is 1.12 bits per heavy atom. The molecule has 1 aromatic heterocycles. The minimum Gasteiger partial charge on any atom is -0.360 e. The van der Waals surface area contributed by atoms with Gasteiger partial charge in [0.15, 0.2) is 18.9 Å². The first-order valence-electron chi connectivity index (χ1n) is 8.40. The molecule has 0 radical (unpaired) electrons. The Bertz CT molecular complexity index is 727. The normalized spacial score (nSPS) is 11.8. The predicted molar refractivity (Wildman–Crippen MR) is 95.5 cm³/mol. The zero-order chi connectivity index (χ0) is 18.2. The molecule has 134 valence electrons. The minimum atomic E-state index is -0.194. The molecule has 2 amide bonds. The zero-order valence-corrected chi connectivity index (χ0v) is 14.9. The lowest BCUT2D eigenvalue weighted by Gasteiger charge is -2.18. The van der Waals surface area contributed by atoms with Gasteiger partial charge in [0, 0.05) is 11.8 Å². The first-order chi connectivity index (χ1) is 12.0. The first-order valence-corrected chi connectivity index (χ1v) is 8.40. The van der Waals surface area contributed by atoms with Crippen molar-refractivity contribution >= 4 is 23.3 Å². The second-order valence-corrected chi connectivity index (χ2v) is 6.09. The molecule has 7 heteroatoms. The minimum absolute atomic E-state index is 0.108. The van der Waals surface area contributed by atoms with E-state index in [1.165, 1.54) is 0 Å². The van der Waals surface area contributed by atoms with E-state index in [9.17, 15) is 9.59 Å². The maximum atomic E-state index is 12.3. The van der Waals surface area contributed by atoms with E-state index in [0.717, 1.165) is 29.1 Å². The van der Waals surface area contributed by atoms with Crippen LogP contribution in [0, 0.1) is 13.8 Å². The molecule has 0 bridgehead atoms. The third-order valence-electron chi connectivity index (χ3n) is 3.74. The van der Waals surface area contributed by atoms with Crippen LogP contribution >= 0.6 is 0 Å². The van der Waals surface area contributed by atoms with Crippen LogP contribution in [0.1, 0.15) is 24.7 Å². The van der Waals surface area contributed by atoms with Crippen LogP contribution in [-0.4, -0.2) is 36.6 Å². The van der Waals surface area contributed by atoms with E-state index in [1.807, 2.05) is 38.1 Å². The average Bonchev–Trinajstić information content (AvgIpc) is 2.94. The summed E-state index contributed by atoms with van der Waals surface area (Å²) in [7, 11) is 0. The van der Waals surface area contributed by atoms with Crippen LogP contribution in [0.15, 0.2) is 34.9 Å². The van der Waals surface area contributed by atoms with E-state index >= 15 is 0 Å². The molecule has 0 saturated carbocycles. The van der Waals surface area contributed by atoms with E-state index in [-0.39, 0.29) is 24.9 Å². The van der Waals surface area contributed by atoms with Gasteiger partial charge in [-0.1, -0.05) is 30.3 Å². The Hall–Kier alpha value is -2.67. The molecule has 0 aliphatic heterocycles. The summed E-state index contributed by atoms with van der Waals surface area (Å²) in [5, 5.41) is 9.33. The summed E-state index contributed by atoms with van der Waals surface area (Å²) in [5.41, 5.74) is 1.80. The number of para-hydroxylation sites is 1. The number of nitrogens with zero attached hydrogens (tertiary/aromatic N) is 1. The van der Waals surface area contributed by atoms with Gasteiger partial charge in [0.1, 0.15) is 5.76 Å². The molecule has 1 aromatic carbocycles. The fourth-order valence-corrected chi connectivity index (χ4v) is 2.57. The molecule has 0 aliphatic carbocycles. The number of aryl methyl sites for hydroxylation is 2. The number of quaternary nitrogens is 1. The monoisotopic (exact) mass is 345 g/mol. The number of hydrogen-bond acceptors (Lipinski definition) is 4. The molecule has 0 spiro atoms. The standard InChI is InChI=1S/C18H24N4O3/c1-4-9-22(12-18(24)20-16-10-14(3)25-21-16)11-17(23)19-15-8-6-5-7-13(15)2/h5-8,10H,4,9,11-12H2,1-3H3,(H,19,23)(H,20,21,24)/p+1. The molecular formula is C18H25N4O3+. The lowest BCUT2D eigenvalue weighted by atomic mass is 10.2. The Labute approximate surface area is 147 Å². The van der Waals surface area contributed by atoms with Crippen LogP contribution in [-0.2, 0) is 9.59 Å². The number of aromatic nitrogens is 1. The smallest absolute Gasteiger partial charge is 0.280 e. The summed E-state index contributed by atoms with van der Waals surface area (Å²) in [6, 6.07) is 9.27. The van der Waals surface area contributed by atoms with Gasteiger partial charge >= 0.3 is 0 Å². The van der Waals surface area contributed by atoms with Crippen LogP contribution in [0.25, 0.3) is 0 Å². The van der Waals surface area contributed by atoms with Crippen molar-refractivity contribution in [3.05, 3.63) is 41.7 Å². The fraction of sp³-hybridized carbons (Fsp3) is 0.389. The highest BCUT2D eigenvalue weighted by atomic mass is 16.5. The number of anilines is 2. The van der Waals surface area contributed by atoms with Gasteiger partial charge in [-0.3, -0.25) is 9.59 Å². The highest BCUT2D eigenvalue weighted by Crippen LogP contribution is 2.12. The maximum Gasteiger partial charge on any atom is 0.280 e. The number of carbonyl (C=O) groups is 2. The summed E-state index contributed by atoms with van der Waals surface area (Å²) in [4.78, 5) is 25.4. The number of hydrogen-bond donors (Lipinski definition) is 3. The first kappa shape index (κ1) is 18.7. The van der Waals surface area contributed by atoms with Gasteiger partial charge in [0.25, 0.3) is 11.8 Å². The number of rotatable bonds is 8. The van der Waals surface area contributed by atoms with Gasteiger partial charge in [0.05, 0.1) is 6.54 Å². The molecule has 25 heavy (non-hydrogen) atoms. The van der Waals surface area contributed by atoms with E-state index in [1.54, 1.807) is 13.0 Å². The van der Waals surface area contributed by atoms with Crippen LogP contribution in [0.4, 0.5) is 11.5 Å². The van der Waals surface area contributed by atoms with Crippen molar-refractivity contribution in [2.24, 2.45) is 0 Å². The van der Waals surface area contributed by atoms with E-state index in [2.05, 4.69) is 15.8 Å². The van der Waals surface area contributed by atoms with Crippen molar-refractivity contribution in [1.29, 1.82) is 0 Å². The van der Waals surface area contributed by atoms with Crippen molar-refractivity contribution < 1.29 is 19.0 Å².